The maximum absolute atomic E-state index is 6.49. The van der Waals surface area contributed by atoms with E-state index in [4.69, 9.17) is 10.7 Å². The minimum Gasteiger partial charge on any atom is -0.322 e. The van der Waals surface area contributed by atoms with Crippen molar-refractivity contribution in [3.8, 4) is 0 Å². The summed E-state index contributed by atoms with van der Waals surface area (Å²) >= 11 is 1.75. The van der Waals surface area contributed by atoms with Crippen molar-refractivity contribution in [2.75, 3.05) is 0 Å². The predicted molar refractivity (Wildman–Crippen MR) is 88.0 cm³/mol. The van der Waals surface area contributed by atoms with Crippen LogP contribution in [-0.4, -0.2) is 4.98 Å². The van der Waals surface area contributed by atoms with Crippen LogP contribution in [-0.2, 0) is 0 Å². The van der Waals surface area contributed by atoms with E-state index < -0.39 is 0 Å². The second-order valence-corrected chi connectivity index (χ2v) is 8.66. The van der Waals surface area contributed by atoms with Crippen molar-refractivity contribution in [1.82, 2.24) is 4.98 Å². The highest BCUT2D eigenvalue weighted by Gasteiger charge is 2.33. The zero-order valence-electron chi connectivity index (χ0n) is 13.6. The van der Waals surface area contributed by atoms with Gasteiger partial charge in [-0.25, -0.2) is 4.98 Å². The van der Waals surface area contributed by atoms with Crippen LogP contribution in [0.4, 0.5) is 0 Å². The number of rotatable bonds is 3. The van der Waals surface area contributed by atoms with Gasteiger partial charge in [-0.05, 0) is 48.9 Å². The zero-order valence-corrected chi connectivity index (χ0v) is 14.5. The van der Waals surface area contributed by atoms with E-state index in [9.17, 15) is 0 Å². The van der Waals surface area contributed by atoms with Gasteiger partial charge in [0.15, 0.2) is 0 Å². The number of nitrogens with two attached hydrogens (primary N) is 1. The van der Waals surface area contributed by atoms with E-state index >= 15 is 0 Å². The number of nitrogens with zero attached hydrogens (tertiary/aromatic N) is 1. The van der Waals surface area contributed by atoms with Crippen molar-refractivity contribution < 1.29 is 0 Å². The van der Waals surface area contributed by atoms with Crippen molar-refractivity contribution in [2.45, 2.75) is 72.3 Å². The molecule has 0 bridgehead atoms. The maximum atomic E-state index is 6.49. The summed E-state index contributed by atoms with van der Waals surface area (Å²) in [6.45, 7) is 11.5. The molecule has 3 heteroatoms. The topological polar surface area (TPSA) is 38.9 Å². The van der Waals surface area contributed by atoms with Crippen molar-refractivity contribution in [2.24, 2.45) is 23.0 Å². The van der Waals surface area contributed by atoms with Gasteiger partial charge in [0.25, 0.3) is 0 Å². The van der Waals surface area contributed by atoms with Crippen LogP contribution in [0.5, 0.6) is 0 Å². The van der Waals surface area contributed by atoms with E-state index in [2.05, 4.69) is 40.0 Å². The normalized spacial score (nSPS) is 25.9. The summed E-state index contributed by atoms with van der Waals surface area (Å²) in [5, 5.41) is 3.33. The molecule has 0 aliphatic heterocycles. The Balaban J connectivity index is 1.96. The van der Waals surface area contributed by atoms with E-state index in [1.165, 1.54) is 31.4 Å². The average molecular weight is 295 g/mol. The highest BCUT2D eigenvalue weighted by atomic mass is 32.1. The van der Waals surface area contributed by atoms with Crippen LogP contribution in [0.3, 0.4) is 0 Å². The molecule has 1 heterocycles. The summed E-state index contributed by atoms with van der Waals surface area (Å²) in [5.74, 6) is 1.98. The first kappa shape index (κ1) is 16.0. The zero-order chi connectivity index (χ0) is 14.9. The molecule has 1 aromatic rings. The fraction of sp³-hybridized carbons (Fsp3) is 0.824. The Morgan fingerprint density at radius 2 is 1.80 bits per heavy atom. The van der Waals surface area contributed by atoms with Gasteiger partial charge in [-0.1, -0.05) is 34.6 Å². The third kappa shape index (κ3) is 3.62. The quantitative estimate of drug-likeness (QED) is 0.840. The van der Waals surface area contributed by atoms with Gasteiger partial charge >= 0.3 is 0 Å². The van der Waals surface area contributed by atoms with Gasteiger partial charge in [0.05, 0.1) is 11.7 Å². The van der Waals surface area contributed by atoms with Crippen LogP contribution in [0.2, 0.25) is 0 Å². The summed E-state index contributed by atoms with van der Waals surface area (Å²) in [4.78, 5) is 4.75. The van der Waals surface area contributed by atoms with Crippen molar-refractivity contribution in [3.63, 3.8) is 0 Å². The van der Waals surface area contributed by atoms with Gasteiger partial charge in [0.2, 0.25) is 0 Å². The van der Waals surface area contributed by atoms with E-state index in [0.717, 1.165) is 10.9 Å². The van der Waals surface area contributed by atoms with Crippen LogP contribution in [0.25, 0.3) is 0 Å². The van der Waals surface area contributed by atoms with Gasteiger partial charge in [0.1, 0.15) is 5.01 Å². The molecule has 0 saturated heterocycles. The molecular formula is C17H30N2S. The first-order chi connectivity index (χ1) is 9.29. The molecule has 114 valence electrons. The average Bonchev–Trinajstić information content (AvgIpc) is 2.86. The molecule has 1 aliphatic rings. The summed E-state index contributed by atoms with van der Waals surface area (Å²) in [6.07, 6.45) is 5.17. The molecule has 1 fully saturated rings. The minimum absolute atomic E-state index is 0.147. The molecule has 20 heavy (non-hydrogen) atoms. The molecule has 1 aliphatic carbocycles. The minimum atomic E-state index is 0.147. The van der Waals surface area contributed by atoms with Crippen molar-refractivity contribution in [3.05, 3.63) is 16.1 Å². The Hall–Kier alpha value is -0.410. The number of hydrogen-bond acceptors (Lipinski definition) is 3. The lowest BCUT2D eigenvalue weighted by Crippen LogP contribution is -2.30. The van der Waals surface area contributed by atoms with Crippen LogP contribution < -0.4 is 5.73 Å². The molecule has 2 nitrogen and oxygen atoms in total. The molecule has 0 aromatic carbocycles. The number of thiazole rings is 1. The molecule has 0 spiro atoms. The molecule has 0 radical (unpaired) electrons. The number of hydrogen-bond donors (Lipinski definition) is 1. The SMILES string of the molecule is CC(C)c1csc(C(N)C2CCC(C(C)(C)C)CC2)n1. The molecule has 2 rings (SSSR count). The molecule has 1 atom stereocenters. The fourth-order valence-electron chi connectivity index (χ4n) is 3.26. The molecule has 1 aromatic heterocycles. The maximum Gasteiger partial charge on any atom is 0.110 e. The predicted octanol–water partition coefficient (Wildman–Crippen LogP) is 5.12. The van der Waals surface area contributed by atoms with Crippen LogP contribution in [0, 0.1) is 17.3 Å². The van der Waals surface area contributed by atoms with Crippen LogP contribution >= 0.6 is 11.3 Å². The standard InChI is InChI=1S/C17H30N2S/c1-11(2)14-10-20-16(19-14)15(18)12-6-8-13(9-7-12)17(3,4)5/h10-13,15H,6-9,18H2,1-5H3. The first-order valence-electron chi connectivity index (χ1n) is 8.00. The largest absolute Gasteiger partial charge is 0.322 e. The smallest absolute Gasteiger partial charge is 0.110 e. The lowest BCUT2D eigenvalue weighted by molar-refractivity contribution is 0.139. The lowest BCUT2D eigenvalue weighted by atomic mass is 9.68. The highest BCUT2D eigenvalue weighted by Crippen LogP contribution is 2.43. The fourth-order valence-corrected chi connectivity index (χ4v) is 4.34. The van der Waals surface area contributed by atoms with Gasteiger partial charge in [-0.3, -0.25) is 0 Å². The van der Waals surface area contributed by atoms with Crippen LogP contribution in [0.15, 0.2) is 5.38 Å². The van der Waals surface area contributed by atoms with E-state index in [1.807, 2.05) is 0 Å². The first-order valence-corrected chi connectivity index (χ1v) is 8.88. The lowest BCUT2D eigenvalue weighted by Gasteiger charge is -2.38. The summed E-state index contributed by atoms with van der Waals surface area (Å²) in [6, 6.07) is 0.147. The Morgan fingerprint density at radius 1 is 1.20 bits per heavy atom. The Labute approximate surface area is 128 Å². The Bertz CT molecular complexity index is 422. The van der Waals surface area contributed by atoms with Crippen molar-refractivity contribution in [1.29, 1.82) is 0 Å². The second kappa shape index (κ2) is 6.15. The molecule has 1 saturated carbocycles. The van der Waals surface area contributed by atoms with Crippen LogP contribution in [0.1, 0.15) is 83.0 Å². The third-order valence-electron chi connectivity index (χ3n) is 4.92. The van der Waals surface area contributed by atoms with E-state index in [-0.39, 0.29) is 6.04 Å². The summed E-state index contributed by atoms with van der Waals surface area (Å²) in [7, 11) is 0. The van der Waals surface area contributed by atoms with Gasteiger partial charge < -0.3 is 5.73 Å². The Morgan fingerprint density at radius 3 is 2.25 bits per heavy atom. The monoisotopic (exact) mass is 294 g/mol. The number of aromatic nitrogens is 1. The molecule has 2 N–H and O–H groups in total. The van der Waals surface area contributed by atoms with Crippen molar-refractivity contribution >= 4 is 11.3 Å². The molecule has 0 amide bonds. The van der Waals surface area contributed by atoms with Gasteiger partial charge in [-0.2, -0.15) is 0 Å². The second-order valence-electron chi connectivity index (χ2n) is 7.77. The molecule has 1 unspecified atom stereocenters. The third-order valence-corrected chi connectivity index (χ3v) is 5.89. The summed E-state index contributed by atoms with van der Waals surface area (Å²) < 4.78 is 0. The van der Waals surface area contributed by atoms with Gasteiger partial charge in [0, 0.05) is 5.38 Å². The Kier molecular flexibility index (Phi) is 4.91. The van der Waals surface area contributed by atoms with E-state index in [0.29, 0.717) is 17.3 Å². The van der Waals surface area contributed by atoms with E-state index in [1.54, 1.807) is 11.3 Å². The highest BCUT2D eigenvalue weighted by molar-refractivity contribution is 7.09. The molecular weight excluding hydrogens is 264 g/mol. The van der Waals surface area contributed by atoms with Gasteiger partial charge in [-0.15, -0.1) is 11.3 Å². The summed E-state index contributed by atoms with van der Waals surface area (Å²) in [5.41, 5.74) is 8.13.